The van der Waals surface area contributed by atoms with Gasteiger partial charge in [0.05, 0.1) is 5.56 Å². The Kier molecular flexibility index (Phi) is 2.69. The molecule has 1 radical (unpaired) electrons. The number of hydrogen-bond donors (Lipinski definition) is 0. The molecular weight excluding hydrogens is 255 g/mol. The Balaban J connectivity index is 2.21. The molecule has 2 heterocycles. The van der Waals surface area contributed by atoms with Crippen LogP contribution in [0.1, 0.15) is 11.1 Å². The van der Waals surface area contributed by atoms with Crippen LogP contribution in [-0.4, -0.2) is 4.98 Å². The van der Waals surface area contributed by atoms with Crippen molar-refractivity contribution in [3.8, 4) is 16.9 Å². The molecule has 0 bridgehead atoms. The summed E-state index contributed by atoms with van der Waals surface area (Å²) in [6, 6.07) is 5.64. The fourth-order valence-corrected chi connectivity index (χ4v) is 2.09. The molecule has 0 saturated carbocycles. The molecule has 1 aromatic carbocycles. The molecular formula is C14H9F3NO. The molecule has 0 atom stereocenters. The van der Waals surface area contributed by atoms with Gasteiger partial charge in [-0.15, -0.1) is 0 Å². The van der Waals surface area contributed by atoms with Gasteiger partial charge in [-0.05, 0) is 23.8 Å². The van der Waals surface area contributed by atoms with E-state index in [1.807, 2.05) is 0 Å². The zero-order valence-corrected chi connectivity index (χ0v) is 9.74. The van der Waals surface area contributed by atoms with Crippen LogP contribution in [0.25, 0.3) is 11.1 Å². The fourth-order valence-electron chi connectivity index (χ4n) is 2.09. The molecule has 0 saturated heterocycles. The molecule has 19 heavy (non-hydrogen) atoms. The van der Waals surface area contributed by atoms with Crippen LogP contribution in [0.4, 0.5) is 13.2 Å². The molecule has 97 valence electrons. The van der Waals surface area contributed by atoms with Gasteiger partial charge in [-0.1, -0.05) is 6.07 Å². The van der Waals surface area contributed by atoms with Gasteiger partial charge >= 0.3 is 6.18 Å². The van der Waals surface area contributed by atoms with Gasteiger partial charge in [0, 0.05) is 29.9 Å². The molecule has 0 spiro atoms. The molecule has 1 aliphatic heterocycles. The predicted octanol–water partition coefficient (Wildman–Crippen LogP) is 3.86. The van der Waals surface area contributed by atoms with Gasteiger partial charge in [0.15, 0.2) is 0 Å². The van der Waals surface area contributed by atoms with Gasteiger partial charge < -0.3 is 4.74 Å². The monoisotopic (exact) mass is 264 g/mol. The minimum absolute atomic E-state index is 0.381. The lowest BCUT2D eigenvalue weighted by atomic mass is 9.99. The van der Waals surface area contributed by atoms with E-state index in [0.29, 0.717) is 28.9 Å². The average molecular weight is 264 g/mol. The summed E-state index contributed by atoms with van der Waals surface area (Å²) in [6.07, 6.45) is -0.886. The van der Waals surface area contributed by atoms with E-state index >= 15 is 0 Å². The molecule has 2 nitrogen and oxygen atoms in total. The summed E-state index contributed by atoms with van der Waals surface area (Å²) < 4.78 is 44.0. The maximum absolute atomic E-state index is 12.9. The van der Waals surface area contributed by atoms with E-state index in [4.69, 9.17) is 4.74 Å². The van der Waals surface area contributed by atoms with Gasteiger partial charge in [0.2, 0.25) is 0 Å². The normalized spacial score (nSPS) is 14.1. The number of pyridine rings is 1. The van der Waals surface area contributed by atoms with Crippen molar-refractivity contribution in [2.75, 3.05) is 0 Å². The number of hydrogen-bond acceptors (Lipinski definition) is 2. The first-order chi connectivity index (χ1) is 9.05. The van der Waals surface area contributed by atoms with Crippen molar-refractivity contribution in [2.45, 2.75) is 12.6 Å². The Morgan fingerprint density at radius 1 is 1.21 bits per heavy atom. The second-order valence-electron chi connectivity index (χ2n) is 4.24. The Morgan fingerprint density at radius 3 is 2.74 bits per heavy atom. The first-order valence-corrected chi connectivity index (χ1v) is 5.68. The zero-order chi connectivity index (χ0) is 13.5. The van der Waals surface area contributed by atoms with E-state index in [-0.39, 0.29) is 0 Å². The Bertz CT molecular complexity index is 608. The number of halogens is 3. The van der Waals surface area contributed by atoms with E-state index in [9.17, 15) is 13.2 Å². The number of fused-ring (bicyclic) bond motifs is 1. The number of rotatable bonds is 1. The molecule has 2 aromatic rings. The van der Waals surface area contributed by atoms with Crippen molar-refractivity contribution in [2.24, 2.45) is 0 Å². The standard InChI is InChI=1S/C14H9F3NO/c15-14(16,17)11-6-9-3-5-19-13(9)12(7-11)10-2-1-4-18-8-10/h1-2,4-8H,3H2. The summed E-state index contributed by atoms with van der Waals surface area (Å²) in [4.78, 5) is 3.93. The van der Waals surface area contributed by atoms with Gasteiger partial charge in [-0.2, -0.15) is 13.2 Å². The van der Waals surface area contributed by atoms with E-state index in [2.05, 4.69) is 4.98 Å². The van der Waals surface area contributed by atoms with Crippen LogP contribution in [0, 0.1) is 6.61 Å². The van der Waals surface area contributed by atoms with Crippen molar-refractivity contribution in [1.82, 2.24) is 4.98 Å². The fraction of sp³-hybridized carbons (Fsp3) is 0.143. The lowest BCUT2D eigenvalue weighted by Crippen LogP contribution is -2.05. The summed E-state index contributed by atoms with van der Waals surface area (Å²) in [7, 11) is 0. The van der Waals surface area contributed by atoms with Crippen LogP contribution in [0.5, 0.6) is 5.75 Å². The summed E-state index contributed by atoms with van der Waals surface area (Å²) >= 11 is 0. The van der Waals surface area contributed by atoms with E-state index in [0.717, 1.165) is 12.1 Å². The first-order valence-electron chi connectivity index (χ1n) is 5.68. The predicted molar refractivity (Wildman–Crippen MR) is 63.3 cm³/mol. The molecule has 1 aliphatic rings. The largest absolute Gasteiger partial charge is 0.485 e. The maximum atomic E-state index is 12.9. The highest BCUT2D eigenvalue weighted by molar-refractivity contribution is 5.73. The third kappa shape index (κ3) is 2.16. The van der Waals surface area contributed by atoms with Crippen molar-refractivity contribution in [3.05, 3.63) is 54.4 Å². The molecule has 0 aliphatic carbocycles. The topological polar surface area (TPSA) is 22.1 Å². The molecule has 0 amide bonds. The Hall–Kier alpha value is -2.04. The molecule has 5 heteroatoms. The quantitative estimate of drug-likeness (QED) is 0.780. The van der Waals surface area contributed by atoms with Gasteiger partial charge in [-0.25, -0.2) is 0 Å². The number of aromatic nitrogens is 1. The third-order valence-electron chi connectivity index (χ3n) is 2.97. The highest BCUT2D eigenvalue weighted by atomic mass is 19.4. The smallest absolute Gasteiger partial charge is 0.416 e. The lowest BCUT2D eigenvalue weighted by Gasteiger charge is -2.13. The van der Waals surface area contributed by atoms with Crippen molar-refractivity contribution in [1.29, 1.82) is 0 Å². The molecule has 0 N–H and O–H groups in total. The lowest BCUT2D eigenvalue weighted by molar-refractivity contribution is -0.137. The summed E-state index contributed by atoms with van der Waals surface area (Å²) in [5, 5.41) is 0. The second-order valence-corrected chi connectivity index (χ2v) is 4.24. The molecule has 0 unspecified atom stereocenters. The van der Waals surface area contributed by atoms with Gasteiger partial charge in [0.1, 0.15) is 12.4 Å². The zero-order valence-electron chi connectivity index (χ0n) is 9.74. The van der Waals surface area contributed by atoms with Crippen LogP contribution in [0.3, 0.4) is 0 Å². The number of ether oxygens (including phenoxy) is 1. The molecule has 1 aromatic heterocycles. The van der Waals surface area contributed by atoms with Gasteiger partial charge in [0.25, 0.3) is 0 Å². The molecule has 3 rings (SSSR count). The van der Waals surface area contributed by atoms with Crippen molar-refractivity contribution < 1.29 is 17.9 Å². The summed E-state index contributed by atoms with van der Waals surface area (Å²) in [5.74, 6) is 0.487. The van der Waals surface area contributed by atoms with Crippen LogP contribution in [0.15, 0.2) is 36.7 Å². The third-order valence-corrected chi connectivity index (χ3v) is 2.97. The maximum Gasteiger partial charge on any atom is 0.416 e. The molecule has 0 fully saturated rings. The minimum atomic E-state index is -4.37. The Morgan fingerprint density at radius 2 is 2.05 bits per heavy atom. The Labute approximate surface area is 107 Å². The van der Waals surface area contributed by atoms with Crippen LogP contribution < -0.4 is 4.74 Å². The van der Waals surface area contributed by atoms with E-state index < -0.39 is 11.7 Å². The SMILES string of the molecule is FC(F)(F)c1cc2c(c(-c3cccnc3)c1)O[CH]C2. The van der Waals surface area contributed by atoms with E-state index in [1.165, 1.54) is 12.8 Å². The van der Waals surface area contributed by atoms with Gasteiger partial charge in [-0.3, -0.25) is 4.98 Å². The minimum Gasteiger partial charge on any atom is -0.485 e. The summed E-state index contributed by atoms with van der Waals surface area (Å²) in [6.45, 7) is 1.50. The van der Waals surface area contributed by atoms with Crippen LogP contribution >= 0.6 is 0 Å². The summed E-state index contributed by atoms with van der Waals surface area (Å²) in [5.41, 5.74) is 0.921. The van der Waals surface area contributed by atoms with Crippen molar-refractivity contribution in [3.63, 3.8) is 0 Å². The number of nitrogens with zero attached hydrogens (tertiary/aromatic N) is 1. The number of alkyl halides is 3. The number of benzene rings is 1. The first kappa shape index (κ1) is 12.0. The second kappa shape index (κ2) is 4.26. The highest BCUT2D eigenvalue weighted by Gasteiger charge is 2.33. The van der Waals surface area contributed by atoms with E-state index in [1.54, 1.807) is 18.3 Å². The average Bonchev–Trinajstić information content (AvgIpc) is 2.85. The van der Waals surface area contributed by atoms with Crippen LogP contribution in [0.2, 0.25) is 0 Å². The van der Waals surface area contributed by atoms with Crippen molar-refractivity contribution >= 4 is 0 Å². The highest BCUT2D eigenvalue weighted by Crippen LogP contribution is 2.42. The van der Waals surface area contributed by atoms with Crippen LogP contribution in [-0.2, 0) is 12.6 Å².